The van der Waals surface area contributed by atoms with Crippen molar-refractivity contribution in [3.8, 4) is 0 Å². The Morgan fingerprint density at radius 1 is 1.38 bits per heavy atom. The lowest BCUT2D eigenvalue weighted by Gasteiger charge is -2.18. The summed E-state index contributed by atoms with van der Waals surface area (Å²) in [4.78, 5) is 4.26. The summed E-state index contributed by atoms with van der Waals surface area (Å²) in [5, 5.41) is 3.30. The van der Waals surface area contributed by atoms with E-state index in [2.05, 4.69) is 59.7 Å². The molecule has 3 heteroatoms. The largest absolute Gasteiger partial charge is 0.370 e. The van der Waals surface area contributed by atoms with Gasteiger partial charge in [-0.3, -0.25) is 0 Å². The third kappa shape index (κ3) is 4.45. The topological polar surface area (TPSA) is 24.9 Å². The lowest BCUT2D eigenvalue weighted by atomic mass is 9.97. The highest BCUT2D eigenvalue weighted by Crippen LogP contribution is 2.14. The van der Waals surface area contributed by atoms with Gasteiger partial charge in [-0.1, -0.05) is 20.8 Å². The Morgan fingerprint density at radius 2 is 2.08 bits per heavy atom. The molecule has 0 unspecified atom stereocenters. The maximum atomic E-state index is 4.26. The van der Waals surface area contributed by atoms with Gasteiger partial charge in [0.05, 0.1) is 0 Å². The van der Waals surface area contributed by atoms with Gasteiger partial charge in [0.1, 0.15) is 5.82 Å². The Kier molecular flexibility index (Phi) is 3.53. The van der Waals surface area contributed by atoms with E-state index >= 15 is 0 Å². The smallest absolute Gasteiger partial charge is 0.125 e. The number of pyridine rings is 1. The standard InChI is InChI=1S/C10H15IN2/c1-10(2,3)7-13-9-5-4-8(11)6-12-9/h4-6H,7H2,1-3H3,(H,12,13). The van der Waals surface area contributed by atoms with Crippen LogP contribution in [0.2, 0.25) is 0 Å². The summed E-state index contributed by atoms with van der Waals surface area (Å²) in [5.41, 5.74) is 0.296. The molecule has 13 heavy (non-hydrogen) atoms. The van der Waals surface area contributed by atoms with Crippen LogP contribution in [-0.4, -0.2) is 11.5 Å². The molecular formula is C10H15IN2. The Labute approximate surface area is 93.3 Å². The van der Waals surface area contributed by atoms with Gasteiger partial charge in [-0.25, -0.2) is 4.98 Å². The van der Waals surface area contributed by atoms with Gasteiger partial charge in [0.2, 0.25) is 0 Å². The first kappa shape index (κ1) is 10.8. The number of nitrogens with one attached hydrogen (secondary N) is 1. The lowest BCUT2D eigenvalue weighted by molar-refractivity contribution is 0.442. The molecule has 0 spiro atoms. The van der Waals surface area contributed by atoms with E-state index in [4.69, 9.17) is 0 Å². The van der Waals surface area contributed by atoms with Crippen molar-refractivity contribution in [2.75, 3.05) is 11.9 Å². The molecule has 0 aliphatic carbocycles. The van der Waals surface area contributed by atoms with E-state index in [1.165, 1.54) is 3.57 Å². The quantitative estimate of drug-likeness (QED) is 0.846. The Morgan fingerprint density at radius 3 is 2.54 bits per heavy atom. The highest BCUT2D eigenvalue weighted by atomic mass is 127. The third-order valence-corrected chi connectivity index (χ3v) is 2.17. The van der Waals surface area contributed by atoms with Crippen molar-refractivity contribution in [1.82, 2.24) is 4.98 Å². The summed E-state index contributed by atoms with van der Waals surface area (Å²) in [5.74, 6) is 0.954. The van der Waals surface area contributed by atoms with Crippen LogP contribution in [-0.2, 0) is 0 Å². The summed E-state index contributed by atoms with van der Waals surface area (Å²) < 4.78 is 1.17. The van der Waals surface area contributed by atoms with Gasteiger partial charge in [0.15, 0.2) is 0 Å². The molecule has 1 aromatic rings. The van der Waals surface area contributed by atoms with Crippen molar-refractivity contribution in [3.05, 3.63) is 21.9 Å². The van der Waals surface area contributed by atoms with Crippen molar-refractivity contribution < 1.29 is 0 Å². The summed E-state index contributed by atoms with van der Waals surface area (Å²) in [6.07, 6.45) is 1.87. The average molecular weight is 290 g/mol. The van der Waals surface area contributed by atoms with Gasteiger partial charge in [0, 0.05) is 16.3 Å². The van der Waals surface area contributed by atoms with E-state index in [9.17, 15) is 0 Å². The first-order valence-electron chi connectivity index (χ1n) is 4.33. The number of anilines is 1. The summed E-state index contributed by atoms with van der Waals surface area (Å²) in [6, 6.07) is 4.06. The summed E-state index contributed by atoms with van der Waals surface area (Å²) in [7, 11) is 0. The molecule has 0 bridgehead atoms. The Balaban J connectivity index is 2.51. The summed E-state index contributed by atoms with van der Waals surface area (Å²) in [6.45, 7) is 7.55. The molecular weight excluding hydrogens is 275 g/mol. The average Bonchev–Trinajstić information content (AvgIpc) is 2.02. The van der Waals surface area contributed by atoms with Crippen LogP contribution in [0.15, 0.2) is 18.3 Å². The molecule has 1 aromatic heterocycles. The van der Waals surface area contributed by atoms with Crippen LogP contribution in [0.1, 0.15) is 20.8 Å². The van der Waals surface area contributed by atoms with E-state index in [0.717, 1.165) is 12.4 Å². The highest BCUT2D eigenvalue weighted by molar-refractivity contribution is 14.1. The maximum Gasteiger partial charge on any atom is 0.125 e. The molecule has 0 amide bonds. The first-order valence-corrected chi connectivity index (χ1v) is 5.41. The van der Waals surface area contributed by atoms with E-state index < -0.39 is 0 Å². The lowest BCUT2D eigenvalue weighted by Crippen LogP contribution is -2.19. The zero-order valence-corrected chi connectivity index (χ0v) is 10.4. The molecule has 2 nitrogen and oxygen atoms in total. The normalized spacial score (nSPS) is 11.4. The molecule has 0 atom stereocenters. The van der Waals surface area contributed by atoms with Gasteiger partial charge in [-0.2, -0.15) is 0 Å². The second kappa shape index (κ2) is 4.26. The molecule has 0 fully saturated rings. The molecule has 1 N–H and O–H groups in total. The monoisotopic (exact) mass is 290 g/mol. The highest BCUT2D eigenvalue weighted by Gasteiger charge is 2.09. The van der Waals surface area contributed by atoms with Crippen LogP contribution in [0.4, 0.5) is 5.82 Å². The zero-order chi connectivity index (χ0) is 9.90. The van der Waals surface area contributed by atoms with Gasteiger partial charge >= 0.3 is 0 Å². The molecule has 1 rings (SSSR count). The van der Waals surface area contributed by atoms with Crippen molar-refractivity contribution in [1.29, 1.82) is 0 Å². The van der Waals surface area contributed by atoms with Crippen molar-refractivity contribution in [3.63, 3.8) is 0 Å². The van der Waals surface area contributed by atoms with Crippen LogP contribution in [0.5, 0.6) is 0 Å². The SMILES string of the molecule is CC(C)(C)CNc1ccc(I)cn1. The van der Waals surface area contributed by atoms with Crippen molar-refractivity contribution in [2.45, 2.75) is 20.8 Å². The third-order valence-electron chi connectivity index (χ3n) is 1.53. The summed E-state index contributed by atoms with van der Waals surface area (Å²) >= 11 is 2.25. The van der Waals surface area contributed by atoms with Crippen LogP contribution in [0, 0.1) is 8.99 Å². The van der Waals surface area contributed by atoms with Gasteiger partial charge < -0.3 is 5.32 Å². The molecule has 1 heterocycles. The van der Waals surface area contributed by atoms with Crippen molar-refractivity contribution >= 4 is 28.4 Å². The number of nitrogens with zero attached hydrogens (tertiary/aromatic N) is 1. The molecule has 0 aliphatic rings. The van der Waals surface area contributed by atoms with Crippen LogP contribution in [0.25, 0.3) is 0 Å². The fourth-order valence-corrected chi connectivity index (χ4v) is 1.16. The molecule has 0 saturated carbocycles. The Bertz CT molecular complexity index is 261. The molecule has 0 aliphatic heterocycles. The van der Waals surface area contributed by atoms with Gasteiger partial charge in [0.25, 0.3) is 0 Å². The second-order valence-electron chi connectivity index (χ2n) is 4.28. The molecule has 0 saturated heterocycles. The predicted octanol–water partition coefficient (Wildman–Crippen LogP) is 3.14. The molecule has 72 valence electrons. The minimum absolute atomic E-state index is 0.296. The van der Waals surface area contributed by atoms with E-state index in [-0.39, 0.29) is 0 Å². The number of rotatable bonds is 2. The molecule has 0 radical (unpaired) electrons. The van der Waals surface area contributed by atoms with Crippen LogP contribution >= 0.6 is 22.6 Å². The van der Waals surface area contributed by atoms with Gasteiger partial charge in [-0.05, 0) is 40.1 Å². The number of hydrogen-bond donors (Lipinski definition) is 1. The van der Waals surface area contributed by atoms with Crippen LogP contribution in [0.3, 0.4) is 0 Å². The second-order valence-corrected chi connectivity index (χ2v) is 5.52. The van der Waals surface area contributed by atoms with Crippen molar-refractivity contribution in [2.24, 2.45) is 5.41 Å². The van der Waals surface area contributed by atoms with E-state index in [1.54, 1.807) is 0 Å². The number of hydrogen-bond acceptors (Lipinski definition) is 2. The first-order chi connectivity index (χ1) is 5.97. The number of aromatic nitrogens is 1. The maximum absolute atomic E-state index is 4.26. The van der Waals surface area contributed by atoms with E-state index in [1.807, 2.05) is 12.3 Å². The minimum Gasteiger partial charge on any atom is -0.370 e. The Hall–Kier alpha value is -0.320. The molecule has 0 aromatic carbocycles. The number of halogens is 1. The van der Waals surface area contributed by atoms with Gasteiger partial charge in [-0.15, -0.1) is 0 Å². The fourth-order valence-electron chi connectivity index (χ4n) is 0.836. The van der Waals surface area contributed by atoms with E-state index in [0.29, 0.717) is 5.41 Å². The minimum atomic E-state index is 0.296. The zero-order valence-electron chi connectivity index (χ0n) is 8.26. The predicted molar refractivity (Wildman–Crippen MR) is 64.9 cm³/mol. The fraction of sp³-hybridized carbons (Fsp3) is 0.500. The van der Waals surface area contributed by atoms with Crippen LogP contribution < -0.4 is 5.32 Å².